The molecule has 0 saturated carbocycles. The van der Waals surface area contributed by atoms with Gasteiger partial charge >= 0.3 is 12.1 Å². The van der Waals surface area contributed by atoms with Gasteiger partial charge in [-0.15, -0.1) is 0 Å². The molecule has 10 heteroatoms. The lowest BCUT2D eigenvalue weighted by molar-refractivity contribution is -0.139. The number of benzene rings is 1. The molecule has 5 amide bonds. The molecule has 1 N–H and O–H groups in total. The molecule has 0 spiro atoms. The van der Waals surface area contributed by atoms with Gasteiger partial charge in [0.1, 0.15) is 17.8 Å². The van der Waals surface area contributed by atoms with Gasteiger partial charge in [-0.25, -0.2) is 9.59 Å². The second kappa shape index (κ2) is 8.60. The number of hydrogen-bond donors (Lipinski definition) is 1. The minimum atomic E-state index is -1.26. The Kier molecular flexibility index (Phi) is 6.14. The van der Waals surface area contributed by atoms with Crippen molar-refractivity contribution in [3.63, 3.8) is 0 Å². The number of carbonyl (C=O) groups is 4. The Morgan fingerprint density at radius 3 is 2.23 bits per heavy atom. The lowest BCUT2D eigenvalue weighted by atomic mass is 9.92. The van der Waals surface area contributed by atoms with E-state index in [1.165, 1.54) is 4.90 Å². The number of amides is 5. The van der Waals surface area contributed by atoms with E-state index in [9.17, 15) is 19.2 Å². The Labute approximate surface area is 174 Å². The van der Waals surface area contributed by atoms with Crippen LogP contribution < -0.4 is 10.1 Å². The number of piperazine rings is 1. The van der Waals surface area contributed by atoms with E-state index < -0.39 is 23.6 Å². The Morgan fingerprint density at radius 2 is 1.67 bits per heavy atom. The molecule has 0 aromatic heterocycles. The van der Waals surface area contributed by atoms with Crippen molar-refractivity contribution < 1.29 is 28.7 Å². The van der Waals surface area contributed by atoms with Gasteiger partial charge in [0, 0.05) is 26.2 Å². The van der Waals surface area contributed by atoms with Gasteiger partial charge in [0.25, 0.3) is 5.91 Å². The molecule has 1 aromatic rings. The van der Waals surface area contributed by atoms with Gasteiger partial charge in [-0.3, -0.25) is 14.5 Å². The summed E-state index contributed by atoms with van der Waals surface area (Å²) in [6.45, 7) is 4.59. The molecule has 2 aliphatic rings. The summed E-state index contributed by atoms with van der Waals surface area (Å²) in [4.78, 5) is 53.9. The van der Waals surface area contributed by atoms with Crippen molar-refractivity contribution in [1.29, 1.82) is 0 Å². The second-order valence-electron chi connectivity index (χ2n) is 7.24. The summed E-state index contributed by atoms with van der Waals surface area (Å²) in [7, 11) is 1.54. The summed E-state index contributed by atoms with van der Waals surface area (Å²) >= 11 is 0. The van der Waals surface area contributed by atoms with Crippen LogP contribution in [0.2, 0.25) is 0 Å². The van der Waals surface area contributed by atoms with Crippen LogP contribution in [0.5, 0.6) is 5.75 Å². The molecule has 0 bridgehead atoms. The molecule has 3 rings (SSSR count). The van der Waals surface area contributed by atoms with Crippen LogP contribution in [0.4, 0.5) is 9.59 Å². The van der Waals surface area contributed by atoms with Gasteiger partial charge in [0.2, 0.25) is 5.91 Å². The van der Waals surface area contributed by atoms with Gasteiger partial charge in [-0.05, 0) is 31.5 Å². The van der Waals surface area contributed by atoms with Crippen molar-refractivity contribution in [2.24, 2.45) is 0 Å². The highest BCUT2D eigenvalue weighted by molar-refractivity contribution is 6.09. The molecule has 2 heterocycles. The van der Waals surface area contributed by atoms with Crippen molar-refractivity contribution in [2.75, 3.05) is 46.4 Å². The van der Waals surface area contributed by atoms with E-state index in [1.54, 1.807) is 50.1 Å². The second-order valence-corrected chi connectivity index (χ2v) is 7.24. The number of methoxy groups -OCH3 is 1. The van der Waals surface area contributed by atoms with Crippen molar-refractivity contribution in [3.8, 4) is 5.75 Å². The maximum atomic E-state index is 13.0. The van der Waals surface area contributed by atoms with Crippen LogP contribution in [0.1, 0.15) is 19.4 Å². The normalized spacial score (nSPS) is 21.5. The summed E-state index contributed by atoms with van der Waals surface area (Å²) in [5.74, 6) is -0.203. The number of hydrogen-bond acceptors (Lipinski definition) is 6. The third-order valence-electron chi connectivity index (χ3n) is 5.39. The number of ether oxygens (including phenoxy) is 2. The van der Waals surface area contributed by atoms with Crippen molar-refractivity contribution in [2.45, 2.75) is 19.4 Å². The molecule has 0 radical (unpaired) electrons. The number of urea groups is 1. The van der Waals surface area contributed by atoms with Crippen molar-refractivity contribution in [1.82, 2.24) is 20.0 Å². The van der Waals surface area contributed by atoms with E-state index in [0.29, 0.717) is 37.5 Å². The third kappa shape index (κ3) is 4.03. The molecule has 2 aliphatic heterocycles. The number of imide groups is 1. The number of nitrogens with one attached hydrogen (secondary N) is 1. The van der Waals surface area contributed by atoms with E-state index in [-0.39, 0.29) is 19.1 Å². The Hall–Kier alpha value is -3.30. The summed E-state index contributed by atoms with van der Waals surface area (Å²) in [6.07, 6.45) is -0.408. The summed E-state index contributed by atoms with van der Waals surface area (Å²) in [6, 6.07) is 6.21. The molecule has 2 fully saturated rings. The maximum Gasteiger partial charge on any atom is 0.409 e. The number of nitrogens with zero attached hydrogens (tertiary/aromatic N) is 3. The van der Waals surface area contributed by atoms with Gasteiger partial charge in [-0.2, -0.15) is 0 Å². The molecule has 0 unspecified atom stereocenters. The maximum absolute atomic E-state index is 13.0. The van der Waals surface area contributed by atoms with Gasteiger partial charge in [-0.1, -0.05) is 12.1 Å². The van der Waals surface area contributed by atoms with E-state index in [2.05, 4.69) is 5.32 Å². The topological polar surface area (TPSA) is 108 Å². The van der Waals surface area contributed by atoms with E-state index in [1.807, 2.05) is 0 Å². The summed E-state index contributed by atoms with van der Waals surface area (Å²) in [5, 5.41) is 2.68. The van der Waals surface area contributed by atoms with Crippen LogP contribution in [0, 0.1) is 0 Å². The average Bonchev–Trinajstić information content (AvgIpc) is 2.98. The van der Waals surface area contributed by atoms with E-state index in [4.69, 9.17) is 9.47 Å². The standard InChI is InChI=1S/C20H26N4O6/c1-4-30-19(28)23-11-9-22(10-12-23)16(25)13-24-17(26)20(2,21-18(24)27)14-5-7-15(29-3)8-6-14/h5-8H,4,9-13H2,1-3H3,(H,21,27)/t20-/m0/s1. The molecule has 162 valence electrons. The SMILES string of the molecule is CCOC(=O)N1CCN(C(=O)CN2C(=O)N[C@@](C)(c3ccc(OC)cc3)C2=O)CC1. The highest BCUT2D eigenvalue weighted by atomic mass is 16.6. The van der Waals surface area contributed by atoms with Gasteiger partial charge in [0.05, 0.1) is 13.7 Å². The largest absolute Gasteiger partial charge is 0.497 e. The zero-order valence-electron chi connectivity index (χ0n) is 17.3. The molecule has 1 atom stereocenters. The average molecular weight is 418 g/mol. The van der Waals surface area contributed by atoms with Crippen LogP contribution in [-0.2, 0) is 19.9 Å². The Balaban J connectivity index is 1.63. The van der Waals surface area contributed by atoms with Crippen LogP contribution in [0.15, 0.2) is 24.3 Å². The van der Waals surface area contributed by atoms with Crippen molar-refractivity contribution >= 4 is 23.9 Å². The minimum Gasteiger partial charge on any atom is -0.497 e. The fourth-order valence-electron chi connectivity index (χ4n) is 3.55. The third-order valence-corrected chi connectivity index (χ3v) is 5.39. The quantitative estimate of drug-likeness (QED) is 0.708. The monoisotopic (exact) mass is 418 g/mol. The first kappa shape index (κ1) is 21.4. The first-order valence-electron chi connectivity index (χ1n) is 9.78. The molecular weight excluding hydrogens is 392 g/mol. The zero-order chi connectivity index (χ0) is 21.9. The number of rotatable bonds is 5. The van der Waals surface area contributed by atoms with E-state index >= 15 is 0 Å². The predicted molar refractivity (Wildman–Crippen MR) is 106 cm³/mol. The predicted octanol–water partition coefficient (Wildman–Crippen LogP) is 0.763. The van der Waals surface area contributed by atoms with Crippen molar-refractivity contribution in [3.05, 3.63) is 29.8 Å². The summed E-state index contributed by atoms with van der Waals surface area (Å²) < 4.78 is 10.1. The van der Waals surface area contributed by atoms with Crippen LogP contribution in [0.25, 0.3) is 0 Å². The summed E-state index contributed by atoms with van der Waals surface area (Å²) in [5.41, 5.74) is -0.661. The lowest BCUT2D eigenvalue weighted by Gasteiger charge is -2.34. The highest BCUT2D eigenvalue weighted by Crippen LogP contribution is 2.30. The van der Waals surface area contributed by atoms with Crippen LogP contribution in [0.3, 0.4) is 0 Å². The first-order valence-corrected chi connectivity index (χ1v) is 9.78. The fourth-order valence-corrected chi connectivity index (χ4v) is 3.55. The zero-order valence-corrected chi connectivity index (χ0v) is 17.3. The minimum absolute atomic E-state index is 0.289. The molecular formula is C20H26N4O6. The molecule has 0 aliphatic carbocycles. The van der Waals surface area contributed by atoms with Gasteiger partial charge < -0.3 is 24.6 Å². The highest BCUT2D eigenvalue weighted by Gasteiger charge is 2.49. The van der Waals surface area contributed by atoms with E-state index in [0.717, 1.165) is 4.90 Å². The van der Waals surface area contributed by atoms with Crippen LogP contribution >= 0.6 is 0 Å². The molecule has 10 nitrogen and oxygen atoms in total. The smallest absolute Gasteiger partial charge is 0.409 e. The first-order chi connectivity index (χ1) is 14.3. The molecule has 1 aromatic carbocycles. The Bertz CT molecular complexity index is 834. The Morgan fingerprint density at radius 1 is 1.07 bits per heavy atom. The van der Waals surface area contributed by atoms with Crippen LogP contribution in [-0.4, -0.2) is 85.1 Å². The fraction of sp³-hybridized carbons (Fsp3) is 0.500. The lowest BCUT2D eigenvalue weighted by Crippen LogP contribution is -2.53. The van der Waals surface area contributed by atoms with Gasteiger partial charge in [0.15, 0.2) is 0 Å². The molecule has 30 heavy (non-hydrogen) atoms. The number of carbonyl (C=O) groups excluding carboxylic acids is 4. The molecule has 2 saturated heterocycles.